The molecule has 0 aliphatic rings. The smallest absolute Gasteiger partial charge is 0.0558 e. The summed E-state index contributed by atoms with van der Waals surface area (Å²) in [6.07, 6.45) is 0. The molecule has 1 N–H and O–H groups in total. The molecule has 0 heterocycles. The van der Waals surface area contributed by atoms with Crippen molar-refractivity contribution in [2.75, 3.05) is 26.1 Å². The first-order valence-corrected chi connectivity index (χ1v) is 2.08. The van der Waals surface area contributed by atoms with Crippen molar-refractivity contribution in [2.45, 2.75) is 13.7 Å². The van der Waals surface area contributed by atoms with Gasteiger partial charge < -0.3 is 10.0 Å². The van der Waals surface area contributed by atoms with Gasteiger partial charge in [0.1, 0.15) is 0 Å². The molecule has 0 aromatic carbocycles. The summed E-state index contributed by atoms with van der Waals surface area (Å²) in [5, 5.41) is 8.75. The Morgan fingerprint density at radius 2 is 2.11 bits per heavy atom. The van der Waals surface area contributed by atoms with E-state index in [9.17, 15) is 0 Å². The summed E-state index contributed by atoms with van der Waals surface area (Å²) < 4.78 is 71.7. The number of halogens is 1. The molecule has 0 rings (SSSR count). The van der Waals surface area contributed by atoms with E-state index in [2.05, 4.69) is 0 Å². The van der Waals surface area contributed by atoms with Gasteiger partial charge in [-0.2, -0.15) is 0 Å². The van der Waals surface area contributed by atoms with E-state index in [1.165, 1.54) is 0 Å². The lowest BCUT2D eigenvalue weighted by Gasteiger charge is -2.15. The third-order valence-electron chi connectivity index (χ3n) is 0.594. The first kappa shape index (κ1) is 2.10. The Kier molecular flexibility index (Phi) is 1.91. The maximum atomic E-state index is 8.75. The highest BCUT2D eigenvalue weighted by atomic mass is 35.5. The SMILES string of the molecule is Cl.[2H]C([2H])([2H])C([2H])([2H])N(CCO)C([2H])([2H])C([2H])([2H])[2H]. The van der Waals surface area contributed by atoms with E-state index < -0.39 is 39.8 Å². The summed E-state index contributed by atoms with van der Waals surface area (Å²) in [6, 6.07) is 0. The molecule has 0 aliphatic heterocycles. The summed E-state index contributed by atoms with van der Waals surface area (Å²) in [5.74, 6) is 0. The van der Waals surface area contributed by atoms with Gasteiger partial charge in [-0.15, -0.1) is 12.4 Å². The van der Waals surface area contributed by atoms with Crippen LogP contribution in [0.25, 0.3) is 0 Å². The first-order chi connectivity index (χ1) is 7.69. The van der Waals surface area contributed by atoms with Gasteiger partial charge in [0.15, 0.2) is 0 Å². The van der Waals surface area contributed by atoms with Crippen LogP contribution in [0, 0.1) is 0 Å². The van der Waals surface area contributed by atoms with Crippen LogP contribution in [-0.2, 0) is 0 Å². The minimum absolute atomic E-state index is 0. The molecule has 58 valence electrons. The Morgan fingerprint density at radius 3 is 2.44 bits per heavy atom. The normalized spacial score (nSPS) is 31.8. The van der Waals surface area contributed by atoms with Crippen molar-refractivity contribution in [2.24, 2.45) is 0 Å². The van der Waals surface area contributed by atoms with Crippen molar-refractivity contribution in [1.29, 1.82) is 0 Å². The number of nitrogens with zero attached hydrogens (tertiary/aromatic N) is 1. The molecule has 0 saturated carbocycles. The maximum absolute atomic E-state index is 8.75. The molecule has 0 amide bonds. The van der Waals surface area contributed by atoms with Gasteiger partial charge in [0.25, 0.3) is 0 Å². The third-order valence-corrected chi connectivity index (χ3v) is 0.594. The molecule has 0 aromatic rings. The minimum Gasteiger partial charge on any atom is -0.395 e. The molecule has 0 atom stereocenters. The Labute approximate surface area is 77.3 Å². The molecule has 0 spiro atoms. The number of hydrogen-bond donors (Lipinski definition) is 1. The average molecular weight is 164 g/mol. The van der Waals surface area contributed by atoms with Crippen LogP contribution in [-0.4, -0.2) is 36.2 Å². The second-order valence-corrected chi connectivity index (χ2v) is 1.10. The van der Waals surface area contributed by atoms with Crippen LogP contribution in [0.2, 0.25) is 0 Å². The molecule has 0 bridgehead atoms. The molecule has 0 unspecified atom stereocenters. The fraction of sp³-hybridized carbons (Fsp3) is 1.00. The van der Waals surface area contributed by atoms with Crippen molar-refractivity contribution in [3.05, 3.63) is 0 Å². The molecule has 0 radical (unpaired) electrons. The zero-order valence-corrected chi connectivity index (χ0v) is 5.53. The fourth-order valence-corrected chi connectivity index (χ4v) is 0.240. The standard InChI is InChI=1S/C6H15NO.ClH/c1-3-7(4-2)5-6-8;/h8H,3-6H2,1-2H3;1H/i1D3,2D3,3D2,4D2;. The summed E-state index contributed by atoms with van der Waals surface area (Å²) in [6.45, 7) is -14.5. The van der Waals surface area contributed by atoms with Gasteiger partial charge in [-0.3, -0.25) is 0 Å². The number of rotatable bonds is 4. The molecule has 2 nitrogen and oxygen atoms in total. The van der Waals surface area contributed by atoms with Crippen LogP contribution >= 0.6 is 12.4 Å². The van der Waals surface area contributed by atoms with Gasteiger partial charge in [0, 0.05) is 20.3 Å². The highest BCUT2D eigenvalue weighted by Gasteiger charge is 1.93. The van der Waals surface area contributed by atoms with Crippen molar-refractivity contribution in [1.82, 2.24) is 4.90 Å². The van der Waals surface area contributed by atoms with Crippen molar-refractivity contribution >= 4 is 12.4 Å². The fourth-order valence-electron chi connectivity index (χ4n) is 0.240. The van der Waals surface area contributed by atoms with Gasteiger partial charge >= 0.3 is 0 Å². The number of likely N-dealkylation sites (N-methyl/N-ethyl adjacent to an activating group) is 1. The van der Waals surface area contributed by atoms with E-state index in [1.807, 2.05) is 0 Å². The van der Waals surface area contributed by atoms with Crippen LogP contribution in [0.15, 0.2) is 0 Å². The van der Waals surface area contributed by atoms with Crippen LogP contribution < -0.4 is 0 Å². The first-order valence-electron chi connectivity index (χ1n) is 7.08. The number of aliphatic hydroxyl groups is 1. The van der Waals surface area contributed by atoms with E-state index in [0.717, 1.165) is 0 Å². The maximum Gasteiger partial charge on any atom is 0.0558 e. The highest BCUT2D eigenvalue weighted by molar-refractivity contribution is 5.85. The van der Waals surface area contributed by atoms with E-state index in [1.54, 1.807) is 0 Å². The van der Waals surface area contributed by atoms with E-state index in [-0.39, 0.29) is 17.3 Å². The largest absolute Gasteiger partial charge is 0.395 e. The lowest BCUT2D eigenvalue weighted by atomic mass is 10.5. The molecule has 0 saturated heterocycles. The second-order valence-electron chi connectivity index (χ2n) is 1.10. The molecule has 0 aromatic heterocycles. The van der Waals surface area contributed by atoms with Gasteiger partial charge in [0.05, 0.1) is 6.61 Å². The second kappa shape index (κ2) is 8.21. The molecular weight excluding hydrogens is 138 g/mol. The average Bonchev–Trinajstić information content (AvgIpc) is 2.09. The summed E-state index contributed by atoms with van der Waals surface area (Å²) in [4.78, 5) is 0.0139. The van der Waals surface area contributed by atoms with Crippen molar-refractivity contribution in [3.8, 4) is 0 Å². The topological polar surface area (TPSA) is 23.5 Å². The van der Waals surface area contributed by atoms with E-state index in [4.69, 9.17) is 18.8 Å². The lowest BCUT2D eigenvalue weighted by Crippen LogP contribution is -2.25. The predicted molar refractivity (Wildman–Crippen MR) is 42.1 cm³/mol. The minimum atomic E-state index is -3.25. The molecule has 0 fully saturated rings. The quantitative estimate of drug-likeness (QED) is 0.661. The molecular formula is C6H16ClNO. The van der Waals surface area contributed by atoms with Gasteiger partial charge in [-0.25, -0.2) is 0 Å². The Bertz CT molecular complexity index is 261. The zero-order chi connectivity index (χ0) is 15.0. The Hall–Kier alpha value is 0.210. The van der Waals surface area contributed by atoms with Crippen LogP contribution in [0.3, 0.4) is 0 Å². The van der Waals surface area contributed by atoms with Gasteiger partial charge in [0.2, 0.25) is 0 Å². The molecule has 9 heavy (non-hydrogen) atoms. The number of aliphatic hydroxyl groups excluding tert-OH is 1. The van der Waals surface area contributed by atoms with Gasteiger partial charge in [-0.1, -0.05) is 13.7 Å². The lowest BCUT2D eigenvalue weighted by molar-refractivity contribution is 0.208. The van der Waals surface area contributed by atoms with E-state index in [0.29, 0.717) is 0 Å². The van der Waals surface area contributed by atoms with Crippen molar-refractivity contribution in [3.63, 3.8) is 0 Å². The number of hydrogen-bond acceptors (Lipinski definition) is 2. The zero-order valence-electron chi connectivity index (χ0n) is 14.7. The predicted octanol–water partition coefficient (Wildman–Crippen LogP) is 0.742. The summed E-state index contributed by atoms with van der Waals surface area (Å²) in [7, 11) is 0. The Morgan fingerprint density at radius 1 is 1.56 bits per heavy atom. The van der Waals surface area contributed by atoms with Gasteiger partial charge in [-0.05, 0) is 13.0 Å². The third kappa shape index (κ3) is 6.09. The molecule has 3 heteroatoms. The summed E-state index contributed by atoms with van der Waals surface area (Å²) >= 11 is 0. The van der Waals surface area contributed by atoms with Crippen LogP contribution in [0.5, 0.6) is 0 Å². The van der Waals surface area contributed by atoms with Crippen LogP contribution in [0.1, 0.15) is 27.4 Å². The Balaban J connectivity index is 0. The van der Waals surface area contributed by atoms with Crippen LogP contribution in [0.4, 0.5) is 0 Å². The molecule has 0 aliphatic carbocycles. The summed E-state index contributed by atoms with van der Waals surface area (Å²) in [5.41, 5.74) is 0. The van der Waals surface area contributed by atoms with E-state index >= 15 is 0 Å². The van der Waals surface area contributed by atoms with Crippen molar-refractivity contribution < 1.29 is 18.8 Å². The monoisotopic (exact) mass is 163 g/mol. The highest BCUT2D eigenvalue weighted by Crippen LogP contribution is 1.82.